The van der Waals surface area contributed by atoms with Gasteiger partial charge in [0.25, 0.3) is 5.69 Å². The van der Waals surface area contributed by atoms with E-state index in [1.165, 1.54) is 25.3 Å². The van der Waals surface area contributed by atoms with Crippen molar-refractivity contribution in [2.24, 2.45) is 0 Å². The van der Waals surface area contributed by atoms with E-state index in [-0.39, 0.29) is 17.7 Å². The molecule has 7 nitrogen and oxygen atoms in total. The van der Waals surface area contributed by atoms with Gasteiger partial charge in [-0.25, -0.2) is 4.79 Å². The van der Waals surface area contributed by atoms with Crippen molar-refractivity contribution in [2.45, 2.75) is 12.5 Å². The zero-order valence-electron chi connectivity index (χ0n) is 9.95. The van der Waals surface area contributed by atoms with Crippen LogP contribution in [0.15, 0.2) is 18.2 Å². The van der Waals surface area contributed by atoms with E-state index in [1.54, 1.807) is 0 Å². The Hall–Kier alpha value is -2.15. The average Bonchev–Trinajstić information content (AvgIpc) is 2.37. The Kier molecular flexibility index (Phi) is 4.61. The molecule has 0 saturated heterocycles. The number of nitrogens with zero attached hydrogens (tertiary/aromatic N) is 1. The van der Waals surface area contributed by atoms with Crippen molar-refractivity contribution in [1.29, 1.82) is 0 Å². The summed E-state index contributed by atoms with van der Waals surface area (Å²) in [6, 6.07) is 4.19. The Morgan fingerprint density at radius 2 is 2.17 bits per heavy atom. The Morgan fingerprint density at radius 1 is 1.50 bits per heavy atom. The van der Waals surface area contributed by atoms with Crippen LogP contribution in [-0.2, 0) is 16.0 Å². The van der Waals surface area contributed by atoms with Crippen LogP contribution in [-0.4, -0.2) is 36.3 Å². The van der Waals surface area contributed by atoms with E-state index in [0.717, 1.165) is 7.11 Å². The van der Waals surface area contributed by atoms with E-state index < -0.39 is 17.0 Å². The van der Waals surface area contributed by atoms with Gasteiger partial charge in [-0.15, -0.1) is 0 Å². The summed E-state index contributed by atoms with van der Waals surface area (Å²) >= 11 is 0. The van der Waals surface area contributed by atoms with Crippen molar-refractivity contribution < 1.29 is 24.3 Å². The fourth-order valence-corrected chi connectivity index (χ4v) is 1.44. The van der Waals surface area contributed by atoms with Gasteiger partial charge in [0.15, 0.2) is 6.10 Å². The van der Waals surface area contributed by atoms with Crippen LogP contribution in [0.1, 0.15) is 5.56 Å². The third-order valence-corrected chi connectivity index (χ3v) is 2.38. The van der Waals surface area contributed by atoms with E-state index in [0.29, 0.717) is 5.75 Å². The number of hydrogen-bond acceptors (Lipinski definition) is 6. The second-order valence-electron chi connectivity index (χ2n) is 3.49. The van der Waals surface area contributed by atoms with Crippen molar-refractivity contribution in [3.63, 3.8) is 0 Å². The first kappa shape index (κ1) is 13.9. The van der Waals surface area contributed by atoms with Crippen molar-refractivity contribution in [1.82, 2.24) is 0 Å². The van der Waals surface area contributed by atoms with E-state index in [1.807, 2.05) is 0 Å². The van der Waals surface area contributed by atoms with Gasteiger partial charge in [-0.3, -0.25) is 10.1 Å². The molecule has 0 bridgehead atoms. The Bertz CT molecular complexity index is 459. The lowest BCUT2D eigenvalue weighted by molar-refractivity contribution is -0.385. The third-order valence-electron chi connectivity index (χ3n) is 2.38. The minimum Gasteiger partial charge on any atom is -0.497 e. The molecule has 0 amide bonds. The molecule has 18 heavy (non-hydrogen) atoms. The number of nitro groups is 1. The maximum absolute atomic E-state index is 11.1. The van der Waals surface area contributed by atoms with Gasteiger partial charge in [0.2, 0.25) is 0 Å². The molecule has 1 atom stereocenters. The molecule has 0 aliphatic rings. The van der Waals surface area contributed by atoms with Gasteiger partial charge in [-0.1, -0.05) is 0 Å². The van der Waals surface area contributed by atoms with Crippen molar-refractivity contribution in [2.75, 3.05) is 14.2 Å². The molecule has 0 aliphatic carbocycles. The van der Waals surface area contributed by atoms with Crippen molar-refractivity contribution in [3.8, 4) is 5.75 Å². The number of aliphatic hydroxyl groups is 1. The van der Waals surface area contributed by atoms with Crippen LogP contribution in [0.2, 0.25) is 0 Å². The number of methoxy groups -OCH3 is 2. The molecule has 1 aromatic carbocycles. The SMILES string of the molecule is COC(=O)C(O)Cc1ccc(OC)cc1[N+](=O)[O-]. The predicted molar refractivity (Wildman–Crippen MR) is 61.4 cm³/mol. The fourth-order valence-electron chi connectivity index (χ4n) is 1.44. The molecule has 0 fully saturated rings. The number of benzene rings is 1. The molecule has 0 radical (unpaired) electrons. The lowest BCUT2D eigenvalue weighted by atomic mass is 10.1. The maximum Gasteiger partial charge on any atom is 0.335 e. The molecule has 0 saturated carbocycles. The number of carbonyl (C=O) groups excluding carboxylic acids is 1. The highest BCUT2D eigenvalue weighted by Crippen LogP contribution is 2.25. The van der Waals surface area contributed by atoms with E-state index >= 15 is 0 Å². The van der Waals surface area contributed by atoms with E-state index in [2.05, 4.69) is 4.74 Å². The molecule has 98 valence electrons. The van der Waals surface area contributed by atoms with Crippen molar-refractivity contribution >= 4 is 11.7 Å². The van der Waals surface area contributed by atoms with Gasteiger partial charge < -0.3 is 14.6 Å². The molecule has 0 aromatic heterocycles. The summed E-state index contributed by atoms with van der Waals surface area (Å²) in [5.74, 6) is -0.502. The highest BCUT2D eigenvalue weighted by molar-refractivity contribution is 5.74. The summed E-state index contributed by atoms with van der Waals surface area (Å²) in [5, 5.41) is 20.3. The van der Waals surface area contributed by atoms with E-state index in [9.17, 15) is 20.0 Å². The largest absolute Gasteiger partial charge is 0.497 e. The number of nitro benzene ring substituents is 1. The van der Waals surface area contributed by atoms with Crippen LogP contribution in [0.5, 0.6) is 5.75 Å². The van der Waals surface area contributed by atoms with Crippen molar-refractivity contribution in [3.05, 3.63) is 33.9 Å². The summed E-state index contributed by atoms with van der Waals surface area (Å²) in [6.45, 7) is 0. The van der Waals surface area contributed by atoms with Crippen LogP contribution >= 0.6 is 0 Å². The smallest absolute Gasteiger partial charge is 0.335 e. The zero-order chi connectivity index (χ0) is 13.7. The second kappa shape index (κ2) is 5.97. The van der Waals surface area contributed by atoms with Gasteiger partial charge >= 0.3 is 5.97 Å². The average molecular weight is 255 g/mol. The molecule has 0 aliphatic heterocycles. The van der Waals surface area contributed by atoms with E-state index in [4.69, 9.17) is 4.74 Å². The number of esters is 1. The van der Waals surface area contributed by atoms with Gasteiger partial charge in [0, 0.05) is 12.0 Å². The molecular weight excluding hydrogens is 242 g/mol. The summed E-state index contributed by atoms with van der Waals surface area (Å²) in [6.07, 6.45) is -1.62. The molecule has 1 N–H and O–H groups in total. The Labute approximate surface area is 103 Å². The maximum atomic E-state index is 11.1. The first-order valence-corrected chi connectivity index (χ1v) is 5.06. The number of ether oxygens (including phenoxy) is 2. The van der Waals surface area contributed by atoms with Gasteiger partial charge in [-0.05, 0) is 12.1 Å². The highest BCUT2D eigenvalue weighted by atomic mass is 16.6. The van der Waals surface area contributed by atoms with Crippen LogP contribution in [0.25, 0.3) is 0 Å². The number of rotatable bonds is 5. The predicted octanol–water partition coefficient (Wildman–Crippen LogP) is 0.680. The first-order chi connectivity index (χ1) is 8.49. The number of carbonyl (C=O) groups is 1. The quantitative estimate of drug-likeness (QED) is 0.472. The minimum absolute atomic E-state index is 0.188. The van der Waals surface area contributed by atoms with Crippen LogP contribution in [0, 0.1) is 10.1 Å². The lowest BCUT2D eigenvalue weighted by Gasteiger charge is -2.09. The van der Waals surface area contributed by atoms with Gasteiger partial charge in [0.05, 0.1) is 25.2 Å². The molecule has 0 heterocycles. The fraction of sp³-hybridized carbons (Fsp3) is 0.364. The first-order valence-electron chi connectivity index (χ1n) is 5.06. The molecular formula is C11H13NO6. The second-order valence-corrected chi connectivity index (χ2v) is 3.49. The monoisotopic (exact) mass is 255 g/mol. The molecule has 0 spiro atoms. The van der Waals surface area contributed by atoms with Crippen LogP contribution in [0.4, 0.5) is 5.69 Å². The molecule has 7 heteroatoms. The third kappa shape index (κ3) is 3.17. The summed E-state index contributed by atoms with van der Waals surface area (Å²) < 4.78 is 9.22. The lowest BCUT2D eigenvalue weighted by Crippen LogP contribution is -2.24. The summed E-state index contributed by atoms with van der Waals surface area (Å²) in [7, 11) is 2.52. The number of hydrogen-bond donors (Lipinski definition) is 1. The normalized spacial score (nSPS) is 11.7. The molecule has 1 rings (SSSR count). The molecule has 1 unspecified atom stereocenters. The standard InChI is InChI=1S/C11H13NO6/c1-17-8-4-3-7(9(6-8)12(15)16)5-10(13)11(14)18-2/h3-4,6,10,13H,5H2,1-2H3. The minimum atomic E-state index is -1.43. The topological polar surface area (TPSA) is 98.9 Å². The number of aliphatic hydroxyl groups excluding tert-OH is 1. The molecule has 1 aromatic rings. The van der Waals surface area contributed by atoms with Gasteiger partial charge in [0.1, 0.15) is 5.75 Å². The zero-order valence-corrected chi connectivity index (χ0v) is 9.95. The van der Waals surface area contributed by atoms with Crippen LogP contribution in [0.3, 0.4) is 0 Å². The Balaban J connectivity index is 3.01. The summed E-state index contributed by atoms with van der Waals surface area (Å²) in [4.78, 5) is 21.3. The van der Waals surface area contributed by atoms with Crippen LogP contribution < -0.4 is 4.74 Å². The van der Waals surface area contributed by atoms with Gasteiger partial charge in [-0.2, -0.15) is 0 Å². The highest BCUT2D eigenvalue weighted by Gasteiger charge is 2.22. The summed E-state index contributed by atoms with van der Waals surface area (Å²) in [5.41, 5.74) is 0.0241. The Morgan fingerprint density at radius 3 is 2.67 bits per heavy atom.